The molecule has 126 valence electrons. The molecular weight excluding hydrogens is 288 g/mol. The summed E-state index contributed by atoms with van der Waals surface area (Å²) in [6, 6.07) is 0. The van der Waals surface area contributed by atoms with Crippen LogP contribution >= 0.6 is 0 Å². The molecule has 0 aromatic heterocycles. The van der Waals surface area contributed by atoms with E-state index in [0.29, 0.717) is 36.4 Å². The van der Waals surface area contributed by atoms with Crippen LogP contribution < -0.4 is 0 Å². The van der Waals surface area contributed by atoms with Gasteiger partial charge >= 0.3 is 0 Å². The van der Waals surface area contributed by atoms with Gasteiger partial charge in [0.15, 0.2) is 11.6 Å². The summed E-state index contributed by atoms with van der Waals surface area (Å²) < 4.78 is 0. The SMILES string of the molecule is C[C@]12CC(=O)C=C1CC[C@@H]1[C@@H]2CC[C@]2(C)C(=O)[C@](C)(O)CC[C@@H]12. The van der Waals surface area contributed by atoms with E-state index in [1.807, 2.05) is 6.08 Å². The van der Waals surface area contributed by atoms with Gasteiger partial charge in [-0.3, -0.25) is 9.59 Å². The highest BCUT2D eigenvalue weighted by Gasteiger charge is 2.61. The van der Waals surface area contributed by atoms with Gasteiger partial charge in [-0.1, -0.05) is 19.4 Å². The average Bonchev–Trinajstić information content (AvgIpc) is 2.78. The van der Waals surface area contributed by atoms with Crippen molar-refractivity contribution in [2.75, 3.05) is 0 Å². The Morgan fingerprint density at radius 3 is 2.39 bits per heavy atom. The van der Waals surface area contributed by atoms with E-state index in [1.54, 1.807) is 6.92 Å². The number of hydrogen-bond donors (Lipinski definition) is 1. The highest BCUT2D eigenvalue weighted by atomic mass is 16.3. The molecule has 1 N–H and O–H groups in total. The quantitative estimate of drug-likeness (QED) is 0.745. The lowest BCUT2D eigenvalue weighted by Crippen LogP contribution is -2.59. The number of fused-ring (bicyclic) bond motifs is 5. The molecule has 23 heavy (non-hydrogen) atoms. The molecule has 4 aliphatic rings. The summed E-state index contributed by atoms with van der Waals surface area (Å²) in [6.07, 6.45) is 8.10. The highest BCUT2D eigenvalue weighted by molar-refractivity contribution is 5.95. The molecule has 0 unspecified atom stereocenters. The molecule has 0 aromatic rings. The van der Waals surface area contributed by atoms with Gasteiger partial charge in [0.05, 0.1) is 0 Å². The maximum Gasteiger partial charge on any atom is 0.170 e. The molecule has 4 aliphatic carbocycles. The molecule has 0 radical (unpaired) electrons. The van der Waals surface area contributed by atoms with Crippen LogP contribution in [-0.2, 0) is 9.59 Å². The van der Waals surface area contributed by atoms with E-state index in [2.05, 4.69) is 13.8 Å². The van der Waals surface area contributed by atoms with Gasteiger partial charge in [0, 0.05) is 11.8 Å². The Morgan fingerprint density at radius 2 is 1.65 bits per heavy atom. The van der Waals surface area contributed by atoms with E-state index >= 15 is 0 Å². The third-order valence-corrected chi connectivity index (χ3v) is 7.95. The summed E-state index contributed by atoms with van der Waals surface area (Å²) in [5.41, 5.74) is -0.125. The molecule has 0 amide bonds. The first kappa shape index (κ1) is 15.6. The Kier molecular flexibility index (Phi) is 3.09. The lowest BCUT2D eigenvalue weighted by molar-refractivity contribution is -0.169. The van der Waals surface area contributed by atoms with Crippen LogP contribution in [0, 0.1) is 28.6 Å². The Hall–Kier alpha value is -0.960. The number of Topliss-reactive ketones (excluding diaryl/α,β-unsaturated/α-hetero) is 1. The highest BCUT2D eigenvalue weighted by Crippen LogP contribution is 2.64. The van der Waals surface area contributed by atoms with Crippen LogP contribution in [-0.4, -0.2) is 22.3 Å². The van der Waals surface area contributed by atoms with Crippen LogP contribution in [0.2, 0.25) is 0 Å². The first-order valence-corrected chi connectivity index (χ1v) is 9.20. The first-order chi connectivity index (χ1) is 10.7. The Bertz CT molecular complexity index is 616. The minimum atomic E-state index is -1.15. The summed E-state index contributed by atoms with van der Waals surface area (Å²) in [6.45, 7) is 6.07. The molecule has 3 fully saturated rings. The van der Waals surface area contributed by atoms with E-state index < -0.39 is 5.60 Å². The molecule has 3 heteroatoms. The van der Waals surface area contributed by atoms with Gasteiger partial charge in [-0.2, -0.15) is 0 Å². The molecule has 3 nitrogen and oxygen atoms in total. The normalized spacial score (nSPS) is 52.5. The van der Waals surface area contributed by atoms with E-state index in [9.17, 15) is 14.7 Å². The van der Waals surface area contributed by atoms with Crippen LogP contribution in [0.5, 0.6) is 0 Å². The van der Waals surface area contributed by atoms with Gasteiger partial charge in [-0.05, 0) is 74.7 Å². The number of aliphatic hydroxyl groups is 1. The van der Waals surface area contributed by atoms with Crippen LogP contribution in [0.25, 0.3) is 0 Å². The van der Waals surface area contributed by atoms with Crippen molar-refractivity contribution < 1.29 is 14.7 Å². The maximum absolute atomic E-state index is 12.9. The molecule has 6 atom stereocenters. The number of carbonyl (C=O) groups is 2. The van der Waals surface area contributed by atoms with Gasteiger partial charge < -0.3 is 5.11 Å². The van der Waals surface area contributed by atoms with Gasteiger partial charge in [0.1, 0.15) is 5.60 Å². The van der Waals surface area contributed by atoms with Crippen molar-refractivity contribution in [3.8, 4) is 0 Å². The second-order valence-corrected chi connectivity index (χ2v) is 9.24. The third kappa shape index (κ3) is 1.92. The monoisotopic (exact) mass is 316 g/mol. The predicted molar refractivity (Wildman–Crippen MR) is 87.7 cm³/mol. The zero-order valence-corrected chi connectivity index (χ0v) is 14.5. The van der Waals surface area contributed by atoms with Gasteiger partial charge in [0.25, 0.3) is 0 Å². The standard InChI is InChI=1S/C20H28O3/c1-18-8-6-16-14(15(18)7-9-20(3,23)17(18)22)5-4-12-10-13(21)11-19(12,16)2/h10,14-16,23H,4-9,11H2,1-3H3/t14-,15-,16-,18-,19-,20+/m0/s1. The summed E-state index contributed by atoms with van der Waals surface area (Å²) in [5.74, 6) is 1.79. The average molecular weight is 316 g/mol. The van der Waals surface area contributed by atoms with E-state index in [4.69, 9.17) is 0 Å². The lowest BCUT2D eigenvalue weighted by Gasteiger charge is -2.59. The van der Waals surface area contributed by atoms with E-state index in [0.717, 1.165) is 32.1 Å². The van der Waals surface area contributed by atoms with Crippen LogP contribution in [0.4, 0.5) is 0 Å². The summed E-state index contributed by atoms with van der Waals surface area (Å²) in [5, 5.41) is 10.5. The minimum absolute atomic E-state index is 0.0321. The molecule has 0 spiro atoms. The van der Waals surface area contributed by atoms with Crippen LogP contribution in [0.15, 0.2) is 11.6 Å². The fourth-order valence-corrected chi connectivity index (χ4v) is 6.72. The van der Waals surface area contributed by atoms with Crippen molar-refractivity contribution in [2.45, 2.75) is 71.3 Å². The summed E-state index contributed by atoms with van der Waals surface area (Å²) in [4.78, 5) is 24.9. The minimum Gasteiger partial charge on any atom is -0.382 e. The summed E-state index contributed by atoms with van der Waals surface area (Å²) in [7, 11) is 0. The lowest BCUT2D eigenvalue weighted by atomic mass is 9.45. The molecule has 3 saturated carbocycles. The number of ketones is 2. The van der Waals surface area contributed by atoms with E-state index in [-0.39, 0.29) is 16.6 Å². The number of hydrogen-bond acceptors (Lipinski definition) is 3. The van der Waals surface area contributed by atoms with Crippen molar-refractivity contribution in [1.82, 2.24) is 0 Å². The van der Waals surface area contributed by atoms with Crippen molar-refractivity contribution in [1.29, 1.82) is 0 Å². The number of rotatable bonds is 0. The molecule has 0 heterocycles. The molecule has 0 bridgehead atoms. The largest absolute Gasteiger partial charge is 0.382 e. The van der Waals surface area contributed by atoms with Crippen molar-refractivity contribution >= 4 is 11.6 Å². The van der Waals surface area contributed by atoms with Crippen LogP contribution in [0.3, 0.4) is 0 Å². The zero-order chi connectivity index (χ0) is 16.6. The van der Waals surface area contributed by atoms with Crippen molar-refractivity contribution in [3.63, 3.8) is 0 Å². The van der Waals surface area contributed by atoms with E-state index in [1.165, 1.54) is 5.57 Å². The van der Waals surface area contributed by atoms with Crippen LogP contribution in [0.1, 0.15) is 65.7 Å². The molecule has 4 rings (SSSR count). The zero-order valence-electron chi connectivity index (χ0n) is 14.5. The molecule has 0 aromatic carbocycles. The molecular formula is C20H28O3. The smallest absolute Gasteiger partial charge is 0.170 e. The van der Waals surface area contributed by atoms with Gasteiger partial charge in [0.2, 0.25) is 0 Å². The number of allylic oxidation sites excluding steroid dienone is 2. The molecule has 0 aliphatic heterocycles. The fraction of sp³-hybridized carbons (Fsp3) is 0.800. The maximum atomic E-state index is 12.9. The molecule has 0 saturated heterocycles. The topological polar surface area (TPSA) is 54.4 Å². The van der Waals surface area contributed by atoms with Crippen molar-refractivity contribution in [2.24, 2.45) is 28.6 Å². The Morgan fingerprint density at radius 1 is 1.00 bits per heavy atom. The second-order valence-electron chi connectivity index (χ2n) is 9.24. The Labute approximate surface area is 138 Å². The second kappa shape index (κ2) is 4.56. The van der Waals surface area contributed by atoms with Gasteiger partial charge in [-0.25, -0.2) is 0 Å². The number of carbonyl (C=O) groups excluding carboxylic acids is 2. The summed E-state index contributed by atoms with van der Waals surface area (Å²) >= 11 is 0. The first-order valence-electron chi connectivity index (χ1n) is 9.20. The van der Waals surface area contributed by atoms with Gasteiger partial charge in [-0.15, -0.1) is 0 Å². The Balaban J connectivity index is 1.69. The predicted octanol–water partition coefficient (Wildman–Crippen LogP) is 3.45. The fourth-order valence-electron chi connectivity index (χ4n) is 6.72. The third-order valence-electron chi connectivity index (χ3n) is 7.95. The van der Waals surface area contributed by atoms with Crippen molar-refractivity contribution in [3.05, 3.63) is 11.6 Å².